The number of rotatable bonds is 3. The Bertz CT molecular complexity index is 160. The highest BCUT2D eigenvalue weighted by Crippen LogP contribution is 2.36. The zero-order valence-electron chi connectivity index (χ0n) is 8.15. The van der Waals surface area contributed by atoms with Gasteiger partial charge in [0.25, 0.3) is 0 Å². The molecule has 3 rings (SSSR count). The van der Waals surface area contributed by atoms with Gasteiger partial charge in [-0.2, -0.15) is 0 Å². The van der Waals surface area contributed by atoms with E-state index in [1.165, 1.54) is 32.5 Å². The van der Waals surface area contributed by atoms with Gasteiger partial charge >= 0.3 is 0 Å². The van der Waals surface area contributed by atoms with E-state index >= 15 is 0 Å². The predicted octanol–water partition coefficient (Wildman–Crippen LogP) is -0.105. The van der Waals surface area contributed by atoms with Crippen molar-refractivity contribution in [2.75, 3.05) is 32.8 Å². The van der Waals surface area contributed by atoms with Gasteiger partial charge in [-0.05, 0) is 50.2 Å². The van der Waals surface area contributed by atoms with Crippen molar-refractivity contribution in [3.05, 3.63) is 0 Å². The van der Waals surface area contributed by atoms with Gasteiger partial charge in [0.1, 0.15) is 0 Å². The highest BCUT2D eigenvalue weighted by atomic mass is 16.3. The largest absolute Gasteiger partial charge is 0.396 e. The lowest BCUT2D eigenvalue weighted by atomic mass is 9.73. The molecular formula is C10H20N2O. The number of nitrogens with two attached hydrogens (primary N) is 1. The van der Waals surface area contributed by atoms with Gasteiger partial charge in [0.2, 0.25) is 0 Å². The molecule has 13 heavy (non-hydrogen) atoms. The lowest BCUT2D eigenvalue weighted by Crippen LogP contribution is -2.51. The van der Waals surface area contributed by atoms with Crippen molar-refractivity contribution in [3.63, 3.8) is 0 Å². The van der Waals surface area contributed by atoms with Gasteiger partial charge < -0.3 is 15.7 Å². The monoisotopic (exact) mass is 184 g/mol. The molecule has 0 aromatic heterocycles. The fourth-order valence-electron chi connectivity index (χ4n) is 2.93. The number of fused-ring (bicyclic) bond motifs is 3. The first-order chi connectivity index (χ1) is 6.35. The molecule has 0 amide bonds. The predicted molar refractivity (Wildman–Crippen MR) is 52.3 cm³/mol. The average Bonchev–Trinajstić information content (AvgIpc) is 2.22. The molecule has 0 radical (unpaired) electrons. The van der Waals surface area contributed by atoms with E-state index in [0.717, 1.165) is 5.92 Å². The zero-order valence-corrected chi connectivity index (χ0v) is 8.15. The second-order valence-electron chi connectivity index (χ2n) is 4.48. The third-order valence-electron chi connectivity index (χ3n) is 3.85. The van der Waals surface area contributed by atoms with Crippen molar-refractivity contribution in [3.8, 4) is 0 Å². The lowest BCUT2D eigenvalue weighted by molar-refractivity contribution is 0.00577. The first-order valence-corrected chi connectivity index (χ1v) is 5.38. The van der Waals surface area contributed by atoms with Crippen LogP contribution >= 0.6 is 0 Å². The van der Waals surface area contributed by atoms with Gasteiger partial charge in [-0.3, -0.25) is 0 Å². The fraction of sp³-hybridized carbons (Fsp3) is 1.00. The summed E-state index contributed by atoms with van der Waals surface area (Å²) in [4.78, 5) is 2.52. The third-order valence-corrected chi connectivity index (χ3v) is 3.85. The Morgan fingerprint density at radius 1 is 1.38 bits per heavy atom. The molecule has 3 fully saturated rings. The van der Waals surface area contributed by atoms with Crippen LogP contribution in [-0.4, -0.2) is 42.8 Å². The minimum Gasteiger partial charge on any atom is -0.396 e. The van der Waals surface area contributed by atoms with E-state index in [-0.39, 0.29) is 6.61 Å². The van der Waals surface area contributed by atoms with Crippen LogP contribution in [0, 0.1) is 17.8 Å². The van der Waals surface area contributed by atoms with Crippen LogP contribution in [0.3, 0.4) is 0 Å². The van der Waals surface area contributed by atoms with Crippen LogP contribution in [0.5, 0.6) is 0 Å². The lowest BCUT2D eigenvalue weighted by Gasteiger charge is -2.47. The fourth-order valence-corrected chi connectivity index (χ4v) is 2.93. The molecule has 3 heteroatoms. The van der Waals surface area contributed by atoms with Crippen LogP contribution in [0.1, 0.15) is 12.8 Å². The minimum atomic E-state index is 0.269. The molecule has 3 heterocycles. The summed E-state index contributed by atoms with van der Waals surface area (Å²) in [6, 6.07) is 0. The summed E-state index contributed by atoms with van der Waals surface area (Å²) in [6.45, 7) is 4.62. The molecule has 0 aliphatic carbocycles. The van der Waals surface area contributed by atoms with Gasteiger partial charge in [0.15, 0.2) is 0 Å². The summed E-state index contributed by atoms with van der Waals surface area (Å²) >= 11 is 0. The standard InChI is InChI=1S/C10H20N2O/c11-5-9(7-13)10-6-12-3-1-8(10)2-4-12/h8-10,13H,1-7,11H2. The average molecular weight is 184 g/mol. The molecule has 2 bridgehead atoms. The van der Waals surface area contributed by atoms with Crippen LogP contribution in [-0.2, 0) is 0 Å². The molecule has 3 N–H and O–H groups in total. The summed E-state index contributed by atoms with van der Waals surface area (Å²) in [7, 11) is 0. The van der Waals surface area contributed by atoms with Gasteiger partial charge in [-0.1, -0.05) is 0 Å². The minimum absolute atomic E-state index is 0.269. The van der Waals surface area contributed by atoms with Gasteiger partial charge in [0, 0.05) is 13.2 Å². The van der Waals surface area contributed by atoms with Crippen LogP contribution in [0.4, 0.5) is 0 Å². The number of aliphatic hydroxyl groups excluding tert-OH is 1. The van der Waals surface area contributed by atoms with Crippen molar-refractivity contribution < 1.29 is 5.11 Å². The maximum absolute atomic E-state index is 9.21. The Hall–Kier alpha value is -0.120. The van der Waals surface area contributed by atoms with Crippen LogP contribution < -0.4 is 5.73 Å². The quantitative estimate of drug-likeness (QED) is 0.644. The molecule has 0 saturated carbocycles. The molecule has 0 aromatic carbocycles. The first-order valence-electron chi connectivity index (χ1n) is 5.38. The Balaban J connectivity index is 1.99. The highest BCUT2D eigenvalue weighted by molar-refractivity contribution is 4.89. The van der Waals surface area contributed by atoms with Crippen molar-refractivity contribution in [2.45, 2.75) is 12.8 Å². The normalized spacial score (nSPS) is 40.6. The smallest absolute Gasteiger partial charge is 0.0474 e. The molecular weight excluding hydrogens is 164 g/mol. The maximum Gasteiger partial charge on any atom is 0.0474 e. The molecule has 0 spiro atoms. The Morgan fingerprint density at radius 3 is 2.46 bits per heavy atom. The molecule has 0 aromatic rings. The Kier molecular flexibility index (Phi) is 2.86. The van der Waals surface area contributed by atoms with Crippen molar-refractivity contribution >= 4 is 0 Å². The molecule has 2 unspecified atom stereocenters. The number of piperidine rings is 3. The van der Waals surface area contributed by atoms with E-state index in [0.29, 0.717) is 18.4 Å². The molecule has 76 valence electrons. The first kappa shape index (κ1) is 9.44. The van der Waals surface area contributed by atoms with Crippen molar-refractivity contribution in [1.29, 1.82) is 0 Å². The molecule has 3 nitrogen and oxygen atoms in total. The second kappa shape index (κ2) is 3.95. The maximum atomic E-state index is 9.21. The third kappa shape index (κ3) is 1.73. The van der Waals surface area contributed by atoms with Gasteiger partial charge in [-0.25, -0.2) is 0 Å². The van der Waals surface area contributed by atoms with E-state index in [1.54, 1.807) is 0 Å². The SMILES string of the molecule is NCC(CO)C1CN2CCC1CC2. The molecule has 3 aliphatic heterocycles. The summed E-state index contributed by atoms with van der Waals surface area (Å²) in [5, 5.41) is 9.21. The number of aliphatic hydroxyl groups is 1. The van der Waals surface area contributed by atoms with Crippen LogP contribution in [0.25, 0.3) is 0 Å². The number of hydrogen-bond donors (Lipinski definition) is 2. The Morgan fingerprint density at radius 2 is 2.08 bits per heavy atom. The number of hydrogen-bond acceptors (Lipinski definition) is 3. The zero-order chi connectivity index (χ0) is 9.26. The van der Waals surface area contributed by atoms with Crippen molar-refractivity contribution in [2.24, 2.45) is 23.5 Å². The van der Waals surface area contributed by atoms with E-state index < -0.39 is 0 Å². The topological polar surface area (TPSA) is 49.5 Å². The van der Waals surface area contributed by atoms with Crippen LogP contribution in [0.15, 0.2) is 0 Å². The highest BCUT2D eigenvalue weighted by Gasteiger charge is 2.37. The van der Waals surface area contributed by atoms with Gasteiger partial charge in [-0.15, -0.1) is 0 Å². The molecule has 3 aliphatic rings. The second-order valence-corrected chi connectivity index (χ2v) is 4.48. The summed E-state index contributed by atoms with van der Waals surface area (Å²) in [5.74, 6) is 1.84. The summed E-state index contributed by atoms with van der Waals surface area (Å²) in [5.41, 5.74) is 5.67. The van der Waals surface area contributed by atoms with E-state index in [1.807, 2.05) is 0 Å². The molecule has 3 saturated heterocycles. The molecule has 2 atom stereocenters. The Labute approximate surface area is 79.9 Å². The van der Waals surface area contributed by atoms with E-state index in [9.17, 15) is 5.11 Å². The van der Waals surface area contributed by atoms with E-state index in [4.69, 9.17) is 5.73 Å². The van der Waals surface area contributed by atoms with Gasteiger partial charge in [0.05, 0.1) is 0 Å². The van der Waals surface area contributed by atoms with Crippen LogP contribution in [0.2, 0.25) is 0 Å². The van der Waals surface area contributed by atoms with Crippen molar-refractivity contribution in [1.82, 2.24) is 4.90 Å². The number of nitrogens with zero attached hydrogens (tertiary/aromatic N) is 1. The summed E-state index contributed by atoms with van der Waals surface area (Å²) < 4.78 is 0. The summed E-state index contributed by atoms with van der Waals surface area (Å²) in [6.07, 6.45) is 2.64. The van der Waals surface area contributed by atoms with E-state index in [2.05, 4.69) is 4.90 Å².